The summed E-state index contributed by atoms with van der Waals surface area (Å²) < 4.78 is 12.0. The molecule has 0 aliphatic carbocycles. The molecule has 8 nitrogen and oxygen atoms in total. The first kappa shape index (κ1) is 29.2. The SMILES string of the molecule is C=C=CCCCCCNC(=C)N1C[C@H](Oc2cc(-c3nc(C(C)C)cs3)nc3cc(OC)ccc23)C[C@H]1C(N)=O. The van der Waals surface area contributed by atoms with Gasteiger partial charge in [0, 0.05) is 35.9 Å². The second-order valence-corrected chi connectivity index (χ2v) is 11.2. The Hall–Kier alpha value is -3.81. The molecular formula is C31H39N5O3S. The monoisotopic (exact) mass is 561 g/mol. The Bertz CT molecular complexity index is 1390. The number of carbonyl (C=O) groups is 1. The number of nitrogens with one attached hydrogen (secondary N) is 1. The number of unbranched alkanes of at least 4 members (excludes halogenated alkanes) is 3. The first-order valence-corrected chi connectivity index (χ1v) is 14.6. The fourth-order valence-corrected chi connectivity index (χ4v) is 5.73. The Labute approximate surface area is 240 Å². The summed E-state index contributed by atoms with van der Waals surface area (Å²) in [7, 11) is 1.64. The molecule has 3 heterocycles. The first-order valence-electron chi connectivity index (χ1n) is 13.7. The Kier molecular flexibility index (Phi) is 9.85. The van der Waals surface area contributed by atoms with E-state index in [0.29, 0.717) is 36.2 Å². The van der Waals surface area contributed by atoms with Gasteiger partial charge in [-0.2, -0.15) is 0 Å². The number of allylic oxidation sites excluding steroid dienone is 1. The molecule has 3 N–H and O–H groups in total. The lowest BCUT2D eigenvalue weighted by Crippen LogP contribution is -2.42. The van der Waals surface area contributed by atoms with E-state index in [0.717, 1.165) is 59.5 Å². The van der Waals surface area contributed by atoms with Gasteiger partial charge in [0.05, 0.1) is 30.7 Å². The van der Waals surface area contributed by atoms with Crippen molar-refractivity contribution < 1.29 is 14.3 Å². The molecule has 0 radical (unpaired) electrons. The zero-order valence-electron chi connectivity index (χ0n) is 23.6. The van der Waals surface area contributed by atoms with Gasteiger partial charge >= 0.3 is 0 Å². The number of benzene rings is 1. The molecule has 0 spiro atoms. The number of hydrogen-bond donors (Lipinski definition) is 2. The molecule has 1 aliphatic rings. The van der Waals surface area contributed by atoms with Crippen LogP contribution in [-0.2, 0) is 4.79 Å². The van der Waals surface area contributed by atoms with Crippen molar-refractivity contribution in [1.82, 2.24) is 20.2 Å². The fraction of sp³-hybridized carbons (Fsp3) is 0.419. The quantitative estimate of drug-likeness (QED) is 0.191. The number of amides is 1. The van der Waals surface area contributed by atoms with Crippen LogP contribution in [0.1, 0.15) is 57.6 Å². The number of rotatable bonds is 14. The summed E-state index contributed by atoms with van der Waals surface area (Å²) in [6, 6.07) is 7.18. The van der Waals surface area contributed by atoms with Gasteiger partial charge in [0.15, 0.2) is 0 Å². The molecule has 9 heteroatoms. The standard InChI is InChI=1S/C31H39N5O3S/c1-6-7-8-9-10-11-14-33-21(4)36-18-23(16-28(36)30(32)37)39-29-17-26(31-35-27(19-40-31)20(2)3)34-25-15-22(38-5)12-13-24(25)29/h7,12-13,15,17,19-20,23,28,33H,1,4,8-11,14,16,18H2,2-3,5H3,(H2,32,37)/t23-,28+/m1/s1. The van der Waals surface area contributed by atoms with Crippen LogP contribution in [0.3, 0.4) is 0 Å². The average molecular weight is 562 g/mol. The summed E-state index contributed by atoms with van der Waals surface area (Å²) in [5.74, 6) is 2.03. The smallest absolute Gasteiger partial charge is 0.240 e. The van der Waals surface area contributed by atoms with E-state index in [9.17, 15) is 4.79 Å². The average Bonchev–Trinajstić information content (AvgIpc) is 3.60. The molecular weight excluding hydrogens is 522 g/mol. The van der Waals surface area contributed by atoms with Gasteiger partial charge in [0.25, 0.3) is 0 Å². The minimum absolute atomic E-state index is 0.259. The maximum Gasteiger partial charge on any atom is 0.240 e. The zero-order chi connectivity index (χ0) is 28.6. The maximum absolute atomic E-state index is 12.4. The molecule has 0 bridgehead atoms. The lowest BCUT2D eigenvalue weighted by molar-refractivity contribution is -0.121. The van der Waals surface area contributed by atoms with Crippen LogP contribution in [0, 0.1) is 0 Å². The summed E-state index contributed by atoms with van der Waals surface area (Å²) in [6.45, 7) is 13.3. The lowest BCUT2D eigenvalue weighted by atomic mass is 10.1. The van der Waals surface area contributed by atoms with Gasteiger partial charge in [-0.3, -0.25) is 4.79 Å². The van der Waals surface area contributed by atoms with Gasteiger partial charge in [0.1, 0.15) is 34.3 Å². The van der Waals surface area contributed by atoms with Gasteiger partial charge in [-0.15, -0.1) is 17.1 Å². The minimum atomic E-state index is -0.497. The highest BCUT2D eigenvalue weighted by Gasteiger charge is 2.38. The fourth-order valence-electron chi connectivity index (χ4n) is 4.79. The van der Waals surface area contributed by atoms with Crippen molar-refractivity contribution in [3.05, 3.63) is 66.1 Å². The summed E-state index contributed by atoms with van der Waals surface area (Å²) in [5.41, 5.74) is 11.1. The second-order valence-electron chi connectivity index (χ2n) is 10.3. The maximum atomic E-state index is 12.4. The van der Waals surface area contributed by atoms with Crippen molar-refractivity contribution >= 4 is 28.1 Å². The van der Waals surface area contributed by atoms with Gasteiger partial charge in [-0.1, -0.05) is 33.4 Å². The molecule has 212 valence electrons. The molecule has 1 amide bonds. The number of thiazole rings is 1. The predicted octanol–water partition coefficient (Wildman–Crippen LogP) is 5.76. The summed E-state index contributed by atoms with van der Waals surface area (Å²) in [5, 5.41) is 7.14. The number of carbonyl (C=O) groups excluding carboxylic acids is 1. The van der Waals surface area contributed by atoms with Gasteiger partial charge in [0.2, 0.25) is 5.91 Å². The number of nitrogens with two attached hydrogens (primary N) is 1. The van der Waals surface area contributed by atoms with Crippen LogP contribution in [-0.4, -0.2) is 53.1 Å². The Morgan fingerprint density at radius 2 is 2.12 bits per heavy atom. The highest BCUT2D eigenvalue weighted by molar-refractivity contribution is 7.13. The second kappa shape index (κ2) is 13.5. The summed E-state index contributed by atoms with van der Waals surface area (Å²) >= 11 is 1.57. The third kappa shape index (κ3) is 7.03. The van der Waals surface area contributed by atoms with Crippen molar-refractivity contribution in [3.63, 3.8) is 0 Å². The van der Waals surface area contributed by atoms with Crippen molar-refractivity contribution in [1.29, 1.82) is 0 Å². The zero-order valence-corrected chi connectivity index (χ0v) is 24.4. The highest BCUT2D eigenvalue weighted by atomic mass is 32.1. The van der Waals surface area contributed by atoms with Crippen LogP contribution in [0.5, 0.6) is 11.5 Å². The molecule has 2 atom stereocenters. The first-order chi connectivity index (χ1) is 19.3. The van der Waals surface area contributed by atoms with Crippen molar-refractivity contribution in [2.45, 2.75) is 64.0 Å². The summed E-state index contributed by atoms with van der Waals surface area (Å²) in [6.07, 6.45) is 6.33. The minimum Gasteiger partial charge on any atom is -0.497 e. The van der Waals surface area contributed by atoms with Crippen LogP contribution < -0.4 is 20.5 Å². The van der Waals surface area contributed by atoms with E-state index in [1.165, 1.54) is 0 Å². The molecule has 1 aromatic carbocycles. The van der Waals surface area contributed by atoms with E-state index < -0.39 is 6.04 Å². The molecule has 4 rings (SSSR count). The van der Waals surface area contributed by atoms with E-state index in [4.69, 9.17) is 25.2 Å². The number of nitrogens with zero attached hydrogens (tertiary/aromatic N) is 3. The Morgan fingerprint density at radius 3 is 2.83 bits per heavy atom. The van der Waals surface area contributed by atoms with E-state index in [-0.39, 0.29) is 12.0 Å². The number of ether oxygens (including phenoxy) is 2. The molecule has 1 aliphatic heterocycles. The molecule has 2 aromatic heterocycles. The van der Waals surface area contributed by atoms with Crippen LogP contribution >= 0.6 is 11.3 Å². The Balaban J connectivity index is 1.52. The third-order valence-electron chi connectivity index (χ3n) is 7.04. The number of aromatic nitrogens is 2. The van der Waals surface area contributed by atoms with Crippen molar-refractivity contribution in [2.75, 3.05) is 20.2 Å². The topological polar surface area (TPSA) is 103 Å². The molecule has 40 heavy (non-hydrogen) atoms. The lowest BCUT2D eigenvalue weighted by Gasteiger charge is -2.27. The molecule has 0 unspecified atom stereocenters. The third-order valence-corrected chi connectivity index (χ3v) is 7.92. The van der Waals surface area contributed by atoms with Crippen LogP contribution in [0.25, 0.3) is 21.6 Å². The van der Waals surface area contributed by atoms with E-state index >= 15 is 0 Å². The van der Waals surface area contributed by atoms with Gasteiger partial charge < -0.3 is 25.4 Å². The van der Waals surface area contributed by atoms with Crippen LogP contribution in [0.2, 0.25) is 0 Å². The predicted molar refractivity (Wildman–Crippen MR) is 162 cm³/mol. The Morgan fingerprint density at radius 1 is 1.30 bits per heavy atom. The highest BCUT2D eigenvalue weighted by Crippen LogP contribution is 2.36. The van der Waals surface area contributed by atoms with E-state index in [2.05, 4.69) is 43.4 Å². The number of pyridine rings is 1. The van der Waals surface area contributed by atoms with E-state index in [1.807, 2.05) is 35.2 Å². The van der Waals surface area contributed by atoms with Crippen LogP contribution in [0.4, 0.5) is 0 Å². The number of methoxy groups -OCH3 is 1. The number of likely N-dealkylation sites (tertiary alicyclic amines) is 1. The number of hydrogen-bond acceptors (Lipinski definition) is 8. The largest absolute Gasteiger partial charge is 0.497 e. The van der Waals surface area contributed by atoms with Crippen LogP contribution in [0.15, 0.2) is 60.4 Å². The summed E-state index contributed by atoms with van der Waals surface area (Å²) in [4.78, 5) is 24.0. The number of primary amides is 1. The van der Waals surface area contributed by atoms with Crippen molar-refractivity contribution in [2.24, 2.45) is 5.73 Å². The van der Waals surface area contributed by atoms with Crippen molar-refractivity contribution in [3.8, 4) is 22.2 Å². The molecule has 0 saturated carbocycles. The van der Waals surface area contributed by atoms with Gasteiger partial charge in [-0.25, -0.2) is 9.97 Å². The van der Waals surface area contributed by atoms with Gasteiger partial charge in [-0.05, 0) is 43.4 Å². The molecule has 3 aromatic rings. The molecule has 1 saturated heterocycles. The number of fused-ring (bicyclic) bond motifs is 1. The normalized spacial score (nSPS) is 16.6. The van der Waals surface area contributed by atoms with E-state index in [1.54, 1.807) is 18.4 Å². The molecule has 1 fully saturated rings.